The zero-order valence-electron chi connectivity index (χ0n) is 10.6. The van der Waals surface area contributed by atoms with Crippen LogP contribution >= 0.6 is 0 Å². The molecule has 3 rings (SSSR count). The summed E-state index contributed by atoms with van der Waals surface area (Å²) < 4.78 is 2.19. The lowest BCUT2D eigenvalue weighted by molar-refractivity contribution is 0.458. The van der Waals surface area contributed by atoms with Gasteiger partial charge in [0.15, 0.2) is 5.82 Å². The van der Waals surface area contributed by atoms with Crippen molar-refractivity contribution in [3.63, 3.8) is 0 Å². The first kappa shape index (κ1) is 11.4. The predicted octanol–water partition coefficient (Wildman–Crippen LogP) is 1.84. The highest BCUT2D eigenvalue weighted by Crippen LogP contribution is 2.27. The molecule has 0 spiro atoms. The van der Waals surface area contributed by atoms with Gasteiger partial charge in [-0.3, -0.25) is 0 Å². The van der Waals surface area contributed by atoms with Gasteiger partial charge in [-0.25, -0.2) is 0 Å². The van der Waals surface area contributed by atoms with Gasteiger partial charge in [-0.05, 0) is 25.3 Å². The highest BCUT2D eigenvalue weighted by atomic mass is 15.3. The van der Waals surface area contributed by atoms with Crippen molar-refractivity contribution in [1.29, 1.82) is 0 Å². The molecule has 4 heteroatoms. The van der Waals surface area contributed by atoms with Crippen LogP contribution in [0, 0.1) is 0 Å². The standard InChI is InChI=1S/C14H18N4/c1-14(15,11-7-3-2-4-8-11)13-17-16-12-9-5-6-10-18(12)13/h2-4,7-8H,5-6,9-10,15H2,1H3. The number of nitrogens with zero attached hydrogens (tertiary/aromatic N) is 3. The summed E-state index contributed by atoms with van der Waals surface area (Å²) in [5.41, 5.74) is 7.00. The quantitative estimate of drug-likeness (QED) is 0.874. The lowest BCUT2D eigenvalue weighted by atomic mass is 9.92. The Labute approximate surface area is 107 Å². The zero-order chi connectivity index (χ0) is 12.6. The van der Waals surface area contributed by atoms with Crippen LogP contribution in [0.25, 0.3) is 0 Å². The summed E-state index contributed by atoms with van der Waals surface area (Å²) in [4.78, 5) is 0. The maximum absolute atomic E-state index is 6.50. The van der Waals surface area contributed by atoms with Gasteiger partial charge in [0, 0.05) is 13.0 Å². The fourth-order valence-corrected chi connectivity index (χ4v) is 2.61. The first-order valence-electron chi connectivity index (χ1n) is 6.46. The molecule has 0 radical (unpaired) electrons. The van der Waals surface area contributed by atoms with Crippen molar-refractivity contribution in [2.45, 2.75) is 38.3 Å². The fraction of sp³-hybridized carbons (Fsp3) is 0.429. The third-order valence-corrected chi connectivity index (χ3v) is 3.70. The number of fused-ring (bicyclic) bond motifs is 1. The Balaban J connectivity index is 2.06. The summed E-state index contributed by atoms with van der Waals surface area (Å²) in [6.45, 7) is 2.99. The SMILES string of the molecule is CC(N)(c1ccccc1)c1nnc2n1CCCC2. The molecule has 1 aromatic carbocycles. The fourth-order valence-electron chi connectivity index (χ4n) is 2.61. The molecule has 0 amide bonds. The minimum Gasteiger partial charge on any atom is -0.315 e. The summed E-state index contributed by atoms with van der Waals surface area (Å²) in [6.07, 6.45) is 3.39. The molecule has 4 nitrogen and oxygen atoms in total. The zero-order valence-corrected chi connectivity index (χ0v) is 10.6. The Morgan fingerprint density at radius 3 is 2.72 bits per heavy atom. The van der Waals surface area contributed by atoms with E-state index in [0.29, 0.717) is 0 Å². The van der Waals surface area contributed by atoms with Gasteiger partial charge in [-0.15, -0.1) is 10.2 Å². The molecule has 0 saturated heterocycles. The summed E-state index contributed by atoms with van der Waals surface area (Å²) in [5.74, 6) is 1.95. The van der Waals surface area contributed by atoms with Crippen molar-refractivity contribution in [3.8, 4) is 0 Å². The minimum atomic E-state index is -0.580. The average molecular weight is 242 g/mol. The van der Waals surface area contributed by atoms with Gasteiger partial charge in [0.25, 0.3) is 0 Å². The topological polar surface area (TPSA) is 56.7 Å². The molecule has 0 fully saturated rings. The van der Waals surface area contributed by atoms with Crippen molar-refractivity contribution in [1.82, 2.24) is 14.8 Å². The molecule has 2 aromatic rings. The molecule has 1 unspecified atom stereocenters. The lowest BCUT2D eigenvalue weighted by Gasteiger charge is -2.26. The molecule has 94 valence electrons. The molecule has 1 aliphatic heterocycles. The number of hydrogen-bond acceptors (Lipinski definition) is 3. The summed E-state index contributed by atoms with van der Waals surface area (Å²) in [6, 6.07) is 10.1. The number of nitrogens with two attached hydrogens (primary N) is 1. The second-order valence-corrected chi connectivity index (χ2v) is 5.12. The van der Waals surface area contributed by atoms with Crippen LogP contribution in [0.15, 0.2) is 30.3 Å². The van der Waals surface area contributed by atoms with Gasteiger partial charge in [0.2, 0.25) is 0 Å². The monoisotopic (exact) mass is 242 g/mol. The average Bonchev–Trinajstić information content (AvgIpc) is 2.84. The Kier molecular flexibility index (Phi) is 2.67. The second kappa shape index (κ2) is 4.21. The van der Waals surface area contributed by atoms with Gasteiger partial charge < -0.3 is 10.3 Å². The smallest absolute Gasteiger partial charge is 0.157 e. The van der Waals surface area contributed by atoms with Crippen LogP contribution in [0.5, 0.6) is 0 Å². The van der Waals surface area contributed by atoms with Crippen LogP contribution < -0.4 is 5.73 Å². The molecule has 1 aromatic heterocycles. The van der Waals surface area contributed by atoms with Crippen LogP contribution in [0.1, 0.15) is 37.0 Å². The van der Waals surface area contributed by atoms with E-state index < -0.39 is 5.54 Å². The first-order chi connectivity index (χ1) is 8.69. The van der Waals surface area contributed by atoms with E-state index >= 15 is 0 Å². The first-order valence-corrected chi connectivity index (χ1v) is 6.46. The van der Waals surface area contributed by atoms with Crippen LogP contribution in [-0.4, -0.2) is 14.8 Å². The van der Waals surface area contributed by atoms with Crippen molar-refractivity contribution < 1.29 is 0 Å². The van der Waals surface area contributed by atoms with Crippen LogP contribution in [-0.2, 0) is 18.5 Å². The van der Waals surface area contributed by atoms with Crippen molar-refractivity contribution in [2.24, 2.45) is 5.73 Å². The summed E-state index contributed by atoms with van der Waals surface area (Å²) in [7, 11) is 0. The van der Waals surface area contributed by atoms with E-state index in [1.807, 2.05) is 37.3 Å². The Bertz CT molecular complexity index is 542. The molecule has 2 N–H and O–H groups in total. The van der Waals surface area contributed by atoms with Crippen LogP contribution in [0.3, 0.4) is 0 Å². The Morgan fingerprint density at radius 1 is 1.17 bits per heavy atom. The van der Waals surface area contributed by atoms with Gasteiger partial charge in [-0.2, -0.15) is 0 Å². The minimum absolute atomic E-state index is 0.580. The van der Waals surface area contributed by atoms with E-state index in [0.717, 1.165) is 30.2 Å². The highest BCUT2D eigenvalue weighted by Gasteiger charge is 2.31. The number of benzene rings is 1. The number of hydrogen-bond donors (Lipinski definition) is 1. The molecular formula is C14H18N4. The van der Waals surface area contributed by atoms with E-state index in [4.69, 9.17) is 5.73 Å². The molecule has 0 aliphatic carbocycles. The van der Waals surface area contributed by atoms with E-state index in [1.165, 1.54) is 12.8 Å². The maximum atomic E-state index is 6.50. The molecule has 0 saturated carbocycles. The van der Waals surface area contributed by atoms with E-state index in [9.17, 15) is 0 Å². The van der Waals surface area contributed by atoms with E-state index in [2.05, 4.69) is 14.8 Å². The van der Waals surface area contributed by atoms with E-state index in [-0.39, 0.29) is 0 Å². The third-order valence-electron chi connectivity index (χ3n) is 3.70. The van der Waals surface area contributed by atoms with Crippen molar-refractivity contribution in [3.05, 3.63) is 47.5 Å². The molecule has 1 aliphatic rings. The van der Waals surface area contributed by atoms with Crippen LogP contribution in [0.2, 0.25) is 0 Å². The number of aryl methyl sites for hydroxylation is 1. The highest BCUT2D eigenvalue weighted by molar-refractivity contribution is 5.30. The summed E-state index contributed by atoms with van der Waals surface area (Å²) >= 11 is 0. The van der Waals surface area contributed by atoms with Crippen molar-refractivity contribution in [2.75, 3.05) is 0 Å². The van der Waals surface area contributed by atoms with Gasteiger partial charge in [0.1, 0.15) is 5.82 Å². The third kappa shape index (κ3) is 1.73. The molecule has 0 bridgehead atoms. The normalized spacial score (nSPS) is 18.1. The number of rotatable bonds is 2. The van der Waals surface area contributed by atoms with Gasteiger partial charge in [0.05, 0.1) is 5.54 Å². The Hall–Kier alpha value is -1.68. The van der Waals surface area contributed by atoms with E-state index in [1.54, 1.807) is 0 Å². The molecule has 18 heavy (non-hydrogen) atoms. The van der Waals surface area contributed by atoms with Crippen LogP contribution in [0.4, 0.5) is 0 Å². The maximum Gasteiger partial charge on any atom is 0.157 e. The number of aromatic nitrogens is 3. The lowest BCUT2D eigenvalue weighted by Crippen LogP contribution is -2.38. The van der Waals surface area contributed by atoms with Gasteiger partial charge in [-0.1, -0.05) is 30.3 Å². The summed E-state index contributed by atoms with van der Waals surface area (Å²) in [5, 5.41) is 8.62. The van der Waals surface area contributed by atoms with Gasteiger partial charge >= 0.3 is 0 Å². The molecule has 1 atom stereocenters. The Morgan fingerprint density at radius 2 is 1.94 bits per heavy atom. The second-order valence-electron chi connectivity index (χ2n) is 5.12. The van der Waals surface area contributed by atoms with Crippen molar-refractivity contribution >= 4 is 0 Å². The molecular weight excluding hydrogens is 224 g/mol. The molecule has 2 heterocycles. The predicted molar refractivity (Wildman–Crippen MR) is 70.0 cm³/mol. The largest absolute Gasteiger partial charge is 0.315 e.